The van der Waals surface area contributed by atoms with Crippen molar-refractivity contribution in [1.82, 2.24) is 24.6 Å². The molecule has 3 heterocycles. The highest BCUT2D eigenvalue weighted by atomic mass is 35.5. The van der Waals surface area contributed by atoms with Crippen LogP contribution in [-0.4, -0.2) is 24.6 Å². The molecule has 3 aromatic rings. The summed E-state index contributed by atoms with van der Waals surface area (Å²) in [6.07, 6.45) is 1.56. The van der Waals surface area contributed by atoms with E-state index in [-0.39, 0.29) is 5.56 Å². The molecular formula is C12H10ClN5OS. The maximum Gasteiger partial charge on any atom is 0.258 e. The standard InChI is InChI=1S/C12H10ClN5OS/c1-7-14-12(17-16-7)20-6-9-4-11(19)18-5-8(13)2-3-10(18)15-9/h2-5H,6H2,1H3,(H,14,16,17). The maximum atomic E-state index is 12.0. The molecule has 0 unspecified atom stereocenters. The summed E-state index contributed by atoms with van der Waals surface area (Å²) in [5.74, 6) is 1.29. The van der Waals surface area contributed by atoms with Gasteiger partial charge >= 0.3 is 0 Å². The first-order valence-corrected chi connectivity index (χ1v) is 7.18. The summed E-state index contributed by atoms with van der Waals surface area (Å²) in [5.41, 5.74) is 1.10. The van der Waals surface area contributed by atoms with Crippen LogP contribution >= 0.6 is 23.4 Å². The van der Waals surface area contributed by atoms with E-state index >= 15 is 0 Å². The molecule has 0 atom stereocenters. The largest absolute Gasteiger partial charge is 0.269 e. The topological polar surface area (TPSA) is 75.9 Å². The Bertz CT molecular complexity index is 828. The Hall–Kier alpha value is -1.86. The van der Waals surface area contributed by atoms with Crippen LogP contribution in [0.25, 0.3) is 5.65 Å². The van der Waals surface area contributed by atoms with Crippen LogP contribution in [-0.2, 0) is 5.75 Å². The van der Waals surface area contributed by atoms with E-state index < -0.39 is 0 Å². The van der Waals surface area contributed by atoms with Gasteiger partial charge in [0.25, 0.3) is 5.56 Å². The first-order chi connectivity index (χ1) is 9.61. The molecule has 0 aliphatic rings. The SMILES string of the molecule is Cc1nc(SCc2cc(=O)n3cc(Cl)ccc3n2)n[nH]1. The van der Waals surface area contributed by atoms with Crippen molar-refractivity contribution in [2.45, 2.75) is 17.8 Å². The number of aromatic nitrogens is 5. The van der Waals surface area contributed by atoms with Gasteiger partial charge in [-0.25, -0.2) is 9.97 Å². The van der Waals surface area contributed by atoms with Crippen LogP contribution in [0.1, 0.15) is 11.5 Å². The third kappa shape index (κ3) is 2.68. The highest BCUT2D eigenvalue weighted by molar-refractivity contribution is 7.98. The van der Waals surface area contributed by atoms with Gasteiger partial charge in [0.15, 0.2) is 0 Å². The van der Waals surface area contributed by atoms with Crippen LogP contribution < -0.4 is 5.56 Å². The number of fused-ring (bicyclic) bond motifs is 1. The van der Waals surface area contributed by atoms with Crippen molar-refractivity contribution < 1.29 is 0 Å². The molecule has 20 heavy (non-hydrogen) atoms. The molecule has 8 heteroatoms. The monoisotopic (exact) mass is 307 g/mol. The highest BCUT2D eigenvalue weighted by Crippen LogP contribution is 2.17. The predicted molar refractivity (Wildman–Crippen MR) is 77.2 cm³/mol. The Morgan fingerprint density at radius 2 is 2.25 bits per heavy atom. The molecule has 0 fully saturated rings. The normalized spacial score (nSPS) is 11.1. The fourth-order valence-electron chi connectivity index (χ4n) is 1.73. The van der Waals surface area contributed by atoms with Gasteiger partial charge in [0, 0.05) is 18.0 Å². The van der Waals surface area contributed by atoms with Gasteiger partial charge in [-0.3, -0.25) is 14.3 Å². The Balaban J connectivity index is 1.89. The van der Waals surface area contributed by atoms with Crippen LogP contribution in [0.4, 0.5) is 0 Å². The fraction of sp³-hybridized carbons (Fsp3) is 0.167. The second kappa shape index (κ2) is 5.26. The van der Waals surface area contributed by atoms with Crippen LogP contribution in [0.2, 0.25) is 5.02 Å². The first-order valence-electron chi connectivity index (χ1n) is 5.81. The number of nitrogens with zero attached hydrogens (tertiary/aromatic N) is 4. The van der Waals surface area contributed by atoms with Gasteiger partial charge in [0.1, 0.15) is 11.5 Å². The molecule has 0 saturated carbocycles. The molecule has 0 bridgehead atoms. The van der Waals surface area contributed by atoms with Gasteiger partial charge in [-0.1, -0.05) is 23.4 Å². The summed E-state index contributed by atoms with van der Waals surface area (Å²) in [6, 6.07) is 4.92. The molecule has 0 amide bonds. The van der Waals surface area contributed by atoms with E-state index in [0.717, 1.165) is 5.82 Å². The lowest BCUT2D eigenvalue weighted by molar-refractivity contribution is 0.965. The first kappa shape index (κ1) is 13.1. The molecule has 3 aromatic heterocycles. The third-order valence-electron chi connectivity index (χ3n) is 2.60. The van der Waals surface area contributed by atoms with Gasteiger partial charge in [-0.15, -0.1) is 5.10 Å². The molecule has 0 aromatic carbocycles. The Labute approximate surface area is 123 Å². The molecule has 0 saturated heterocycles. The number of rotatable bonds is 3. The zero-order valence-electron chi connectivity index (χ0n) is 10.5. The molecule has 0 aliphatic heterocycles. The molecule has 0 aliphatic carbocycles. The van der Waals surface area contributed by atoms with Crippen molar-refractivity contribution in [1.29, 1.82) is 0 Å². The minimum absolute atomic E-state index is 0.153. The number of aromatic amines is 1. The zero-order chi connectivity index (χ0) is 14.1. The number of H-pyrrole nitrogens is 1. The van der Waals surface area contributed by atoms with Gasteiger partial charge < -0.3 is 0 Å². The van der Waals surface area contributed by atoms with Gasteiger partial charge in [-0.05, 0) is 19.1 Å². The van der Waals surface area contributed by atoms with E-state index in [2.05, 4.69) is 20.2 Å². The lowest BCUT2D eigenvalue weighted by Gasteiger charge is -2.03. The number of hydrogen-bond donors (Lipinski definition) is 1. The Morgan fingerprint density at radius 3 is 3.00 bits per heavy atom. The van der Waals surface area contributed by atoms with Crippen molar-refractivity contribution in [2.24, 2.45) is 0 Å². The second-order valence-electron chi connectivity index (χ2n) is 4.15. The predicted octanol–water partition coefficient (Wildman–Crippen LogP) is 2.07. The van der Waals surface area contributed by atoms with Gasteiger partial charge in [0.05, 0.1) is 10.7 Å². The Kier molecular flexibility index (Phi) is 3.45. The molecule has 1 N–H and O–H groups in total. The number of hydrogen-bond acceptors (Lipinski definition) is 5. The van der Waals surface area contributed by atoms with Gasteiger partial charge in [0.2, 0.25) is 5.16 Å². The van der Waals surface area contributed by atoms with Crippen LogP contribution in [0.5, 0.6) is 0 Å². The molecule has 3 rings (SSSR count). The van der Waals surface area contributed by atoms with E-state index in [9.17, 15) is 4.79 Å². The summed E-state index contributed by atoms with van der Waals surface area (Å²) in [7, 11) is 0. The summed E-state index contributed by atoms with van der Waals surface area (Å²) in [6.45, 7) is 1.83. The zero-order valence-corrected chi connectivity index (χ0v) is 12.1. The third-order valence-corrected chi connectivity index (χ3v) is 3.71. The fourth-order valence-corrected chi connectivity index (χ4v) is 2.62. The summed E-state index contributed by atoms with van der Waals surface area (Å²) >= 11 is 7.29. The Morgan fingerprint density at radius 1 is 1.40 bits per heavy atom. The van der Waals surface area contributed by atoms with E-state index in [0.29, 0.717) is 27.3 Å². The number of halogens is 1. The van der Waals surface area contributed by atoms with Crippen molar-refractivity contribution in [3.05, 3.63) is 51.3 Å². The maximum absolute atomic E-state index is 12.0. The smallest absolute Gasteiger partial charge is 0.258 e. The number of nitrogens with one attached hydrogen (secondary N) is 1. The minimum atomic E-state index is -0.153. The summed E-state index contributed by atoms with van der Waals surface area (Å²) in [5, 5.41) is 7.93. The van der Waals surface area contributed by atoms with Gasteiger partial charge in [-0.2, -0.15) is 0 Å². The average molecular weight is 308 g/mol. The second-order valence-corrected chi connectivity index (χ2v) is 5.53. The van der Waals surface area contributed by atoms with Crippen molar-refractivity contribution in [3.8, 4) is 0 Å². The van der Waals surface area contributed by atoms with Crippen LogP contribution in [0, 0.1) is 6.92 Å². The molecule has 0 spiro atoms. The minimum Gasteiger partial charge on any atom is -0.269 e. The van der Waals surface area contributed by atoms with Crippen molar-refractivity contribution in [3.63, 3.8) is 0 Å². The lowest BCUT2D eigenvalue weighted by Crippen LogP contribution is -2.15. The van der Waals surface area contributed by atoms with Crippen molar-refractivity contribution >= 4 is 29.0 Å². The number of pyridine rings is 1. The summed E-state index contributed by atoms with van der Waals surface area (Å²) < 4.78 is 1.42. The van der Waals surface area contributed by atoms with E-state index in [1.807, 2.05) is 6.92 Å². The van der Waals surface area contributed by atoms with E-state index in [4.69, 9.17) is 11.6 Å². The number of thioether (sulfide) groups is 1. The average Bonchev–Trinajstić information content (AvgIpc) is 2.83. The number of aryl methyl sites for hydroxylation is 1. The molecule has 0 radical (unpaired) electrons. The van der Waals surface area contributed by atoms with Crippen LogP contribution in [0.3, 0.4) is 0 Å². The highest BCUT2D eigenvalue weighted by Gasteiger charge is 2.06. The molecular weight excluding hydrogens is 298 g/mol. The molecule has 6 nitrogen and oxygen atoms in total. The van der Waals surface area contributed by atoms with E-state index in [1.54, 1.807) is 18.3 Å². The van der Waals surface area contributed by atoms with E-state index in [1.165, 1.54) is 22.2 Å². The quantitative estimate of drug-likeness (QED) is 0.750. The lowest BCUT2D eigenvalue weighted by atomic mass is 10.4. The van der Waals surface area contributed by atoms with Crippen LogP contribution in [0.15, 0.2) is 34.3 Å². The molecule has 102 valence electrons. The summed E-state index contributed by atoms with van der Waals surface area (Å²) in [4.78, 5) is 20.6. The van der Waals surface area contributed by atoms with Crippen molar-refractivity contribution in [2.75, 3.05) is 0 Å².